The van der Waals surface area contributed by atoms with E-state index in [-0.39, 0.29) is 12.5 Å². The van der Waals surface area contributed by atoms with Gasteiger partial charge in [0.25, 0.3) is 0 Å². The maximum atomic E-state index is 11.9. The van der Waals surface area contributed by atoms with Crippen molar-refractivity contribution in [3.8, 4) is 0 Å². The minimum Gasteiger partial charge on any atom is -0.396 e. The first-order valence-electron chi connectivity index (χ1n) is 6.05. The average molecular weight is 236 g/mol. The van der Waals surface area contributed by atoms with E-state index in [0.717, 1.165) is 12.0 Å². The van der Waals surface area contributed by atoms with Crippen molar-refractivity contribution < 1.29 is 9.90 Å². The third kappa shape index (κ3) is 4.95. The van der Waals surface area contributed by atoms with Gasteiger partial charge in [0.05, 0.1) is 0 Å². The van der Waals surface area contributed by atoms with Crippen LogP contribution in [0.25, 0.3) is 0 Å². The summed E-state index contributed by atoms with van der Waals surface area (Å²) in [6.45, 7) is 3.43. The van der Waals surface area contributed by atoms with Gasteiger partial charge >= 0.3 is 0 Å². The molecule has 0 unspecified atom stereocenters. The number of aliphatic hydroxyl groups excluding tert-OH is 1. The SMILES string of the molecule is CCN(CCCO)C(=O)CCc1cccnc1. The molecule has 1 aromatic rings. The number of aryl methyl sites for hydroxylation is 1. The minimum absolute atomic E-state index is 0.131. The maximum absolute atomic E-state index is 11.9. The summed E-state index contributed by atoms with van der Waals surface area (Å²) in [4.78, 5) is 17.7. The fourth-order valence-electron chi connectivity index (χ4n) is 1.68. The van der Waals surface area contributed by atoms with E-state index >= 15 is 0 Å². The van der Waals surface area contributed by atoms with Gasteiger partial charge in [-0.15, -0.1) is 0 Å². The van der Waals surface area contributed by atoms with Gasteiger partial charge in [0, 0.05) is 38.5 Å². The number of carbonyl (C=O) groups is 1. The zero-order valence-electron chi connectivity index (χ0n) is 10.3. The largest absolute Gasteiger partial charge is 0.396 e. The van der Waals surface area contributed by atoms with Crippen molar-refractivity contribution in [1.82, 2.24) is 9.88 Å². The Hall–Kier alpha value is -1.42. The maximum Gasteiger partial charge on any atom is 0.222 e. The van der Waals surface area contributed by atoms with Crippen LogP contribution in [0.5, 0.6) is 0 Å². The van der Waals surface area contributed by atoms with Crippen LogP contribution in [0.3, 0.4) is 0 Å². The first-order valence-corrected chi connectivity index (χ1v) is 6.05. The van der Waals surface area contributed by atoms with Gasteiger partial charge < -0.3 is 10.0 Å². The first-order chi connectivity index (χ1) is 8.27. The van der Waals surface area contributed by atoms with Crippen molar-refractivity contribution in [2.75, 3.05) is 19.7 Å². The summed E-state index contributed by atoms with van der Waals surface area (Å²) in [5.74, 6) is 0.143. The van der Waals surface area contributed by atoms with E-state index in [1.165, 1.54) is 0 Å². The number of aromatic nitrogens is 1. The highest BCUT2D eigenvalue weighted by molar-refractivity contribution is 5.76. The van der Waals surface area contributed by atoms with Crippen LogP contribution in [0.15, 0.2) is 24.5 Å². The summed E-state index contributed by atoms with van der Waals surface area (Å²) >= 11 is 0. The van der Waals surface area contributed by atoms with Gasteiger partial charge in [-0.2, -0.15) is 0 Å². The second-order valence-electron chi connectivity index (χ2n) is 3.91. The van der Waals surface area contributed by atoms with Crippen LogP contribution in [-0.4, -0.2) is 40.6 Å². The smallest absolute Gasteiger partial charge is 0.222 e. The van der Waals surface area contributed by atoms with E-state index in [1.54, 1.807) is 17.3 Å². The molecule has 0 aromatic carbocycles. The molecule has 1 aromatic heterocycles. The molecular formula is C13H20N2O2. The van der Waals surface area contributed by atoms with Crippen molar-refractivity contribution in [3.05, 3.63) is 30.1 Å². The molecular weight excluding hydrogens is 216 g/mol. The molecule has 0 saturated heterocycles. The summed E-state index contributed by atoms with van der Waals surface area (Å²) in [5.41, 5.74) is 1.08. The zero-order valence-corrected chi connectivity index (χ0v) is 10.3. The highest BCUT2D eigenvalue weighted by atomic mass is 16.3. The van der Waals surface area contributed by atoms with E-state index in [0.29, 0.717) is 25.9 Å². The second kappa shape index (κ2) is 7.79. The summed E-state index contributed by atoms with van der Waals surface area (Å²) < 4.78 is 0. The molecule has 0 saturated carbocycles. The molecule has 1 heterocycles. The van der Waals surface area contributed by atoms with Crippen LogP contribution in [0.4, 0.5) is 0 Å². The van der Waals surface area contributed by atoms with Gasteiger partial charge in [0.15, 0.2) is 0 Å². The van der Waals surface area contributed by atoms with Gasteiger partial charge in [-0.05, 0) is 31.4 Å². The number of aliphatic hydroxyl groups is 1. The fourth-order valence-corrected chi connectivity index (χ4v) is 1.68. The highest BCUT2D eigenvalue weighted by Gasteiger charge is 2.10. The van der Waals surface area contributed by atoms with Gasteiger partial charge in [-0.1, -0.05) is 6.07 Å². The molecule has 0 spiro atoms. The predicted octanol–water partition coefficient (Wildman–Crippen LogP) is 1.25. The van der Waals surface area contributed by atoms with E-state index in [1.807, 2.05) is 19.1 Å². The number of hydrogen-bond donors (Lipinski definition) is 1. The topological polar surface area (TPSA) is 53.4 Å². The molecule has 0 aliphatic carbocycles. The third-order valence-corrected chi connectivity index (χ3v) is 2.67. The Morgan fingerprint density at radius 2 is 2.35 bits per heavy atom. The molecule has 1 amide bonds. The monoisotopic (exact) mass is 236 g/mol. The first kappa shape index (κ1) is 13.6. The number of carbonyl (C=O) groups excluding carboxylic acids is 1. The van der Waals surface area contributed by atoms with E-state index < -0.39 is 0 Å². The molecule has 0 aliphatic rings. The second-order valence-corrected chi connectivity index (χ2v) is 3.91. The van der Waals surface area contributed by atoms with E-state index in [4.69, 9.17) is 5.11 Å². The molecule has 1 N–H and O–H groups in total. The normalized spacial score (nSPS) is 10.2. The Kier molecular flexibility index (Phi) is 6.25. The Bertz CT molecular complexity index is 327. The van der Waals surface area contributed by atoms with Crippen molar-refractivity contribution in [3.63, 3.8) is 0 Å². The Morgan fingerprint density at radius 3 is 2.94 bits per heavy atom. The van der Waals surface area contributed by atoms with Gasteiger partial charge in [-0.25, -0.2) is 0 Å². The number of rotatable bonds is 7. The number of pyridine rings is 1. The van der Waals surface area contributed by atoms with Crippen LogP contribution in [0.2, 0.25) is 0 Å². The molecule has 0 atom stereocenters. The molecule has 1 rings (SSSR count). The highest BCUT2D eigenvalue weighted by Crippen LogP contribution is 2.04. The van der Waals surface area contributed by atoms with Crippen molar-refractivity contribution in [2.24, 2.45) is 0 Å². The van der Waals surface area contributed by atoms with Gasteiger partial charge in [-0.3, -0.25) is 9.78 Å². The van der Waals surface area contributed by atoms with Crippen LogP contribution >= 0.6 is 0 Å². The Labute approximate surface area is 102 Å². The fraction of sp³-hybridized carbons (Fsp3) is 0.538. The quantitative estimate of drug-likeness (QED) is 0.775. The van der Waals surface area contributed by atoms with Crippen molar-refractivity contribution in [2.45, 2.75) is 26.2 Å². The summed E-state index contributed by atoms with van der Waals surface area (Å²) in [6, 6.07) is 3.85. The van der Waals surface area contributed by atoms with E-state index in [2.05, 4.69) is 4.98 Å². The van der Waals surface area contributed by atoms with Crippen LogP contribution in [0.1, 0.15) is 25.3 Å². The lowest BCUT2D eigenvalue weighted by Crippen LogP contribution is -2.32. The van der Waals surface area contributed by atoms with Crippen molar-refractivity contribution >= 4 is 5.91 Å². The van der Waals surface area contributed by atoms with Crippen molar-refractivity contribution in [1.29, 1.82) is 0 Å². The van der Waals surface area contributed by atoms with Crippen LogP contribution in [0, 0.1) is 0 Å². The third-order valence-electron chi connectivity index (χ3n) is 2.67. The van der Waals surface area contributed by atoms with Crippen LogP contribution < -0.4 is 0 Å². The summed E-state index contributed by atoms with van der Waals surface area (Å²) in [5, 5.41) is 8.75. The standard InChI is InChI=1S/C13H20N2O2/c1-2-15(9-4-10-16)13(17)7-6-12-5-3-8-14-11-12/h3,5,8,11,16H,2,4,6-7,9-10H2,1H3. The number of hydrogen-bond acceptors (Lipinski definition) is 3. The molecule has 0 fully saturated rings. The number of amides is 1. The molecule has 17 heavy (non-hydrogen) atoms. The van der Waals surface area contributed by atoms with Gasteiger partial charge in [0.2, 0.25) is 5.91 Å². The lowest BCUT2D eigenvalue weighted by molar-refractivity contribution is -0.131. The summed E-state index contributed by atoms with van der Waals surface area (Å²) in [7, 11) is 0. The zero-order chi connectivity index (χ0) is 12.5. The molecule has 0 bridgehead atoms. The molecule has 4 nitrogen and oxygen atoms in total. The van der Waals surface area contributed by atoms with Gasteiger partial charge in [0.1, 0.15) is 0 Å². The molecule has 0 radical (unpaired) electrons. The molecule has 94 valence electrons. The lowest BCUT2D eigenvalue weighted by atomic mass is 10.1. The number of nitrogens with zero attached hydrogens (tertiary/aromatic N) is 2. The Morgan fingerprint density at radius 1 is 1.53 bits per heavy atom. The Balaban J connectivity index is 2.37. The average Bonchev–Trinajstić information content (AvgIpc) is 2.38. The summed E-state index contributed by atoms with van der Waals surface area (Å²) in [6.07, 6.45) is 5.39. The molecule has 4 heteroatoms. The molecule has 0 aliphatic heterocycles. The van der Waals surface area contributed by atoms with E-state index in [9.17, 15) is 4.79 Å². The van der Waals surface area contributed by atoms with Crippen LogP contribution in [-0.2, 0) is 11.2 Å². The predicted molar refractivity (Wildman–Crippen MR) is 66.5 cm³/mol. The minimum atomic E-state index is 0.131. The lowest BCUT2D eigenvalue weighted by Gasteiger charge is -2.20.